The monoisotopic (exact) mass is 360 g/mol. The lowest BCUT2D eigenvalue weighted by atomic mass is 10.2. The number of nitrogens with zero attached hydrogens (tertiary/aromatic N) is 3. The SMILES string of the molecule is Cc1cccc(Nc2nn(CN(C3CCCC3)C3CC3)c(=S)s2)c1. The minimum atomic E-state index is 0.731. The number of hydrogen-bond acceptors (Lipinski definition) is 5. The van der Waals surface area contributed by atoms with Gasteiger partial charge in [-0.2, -0.15) is 0 Å². The number of benzene rings is 1. The topological polar surface area (TPSA) is 33.1 Å². The molecular weight excluding hydrogens is 336 g/mol. The highest BCUT2D eigenvalue weighted by molar-refractivity contribution is 7.73. The number of rotatable bonds is 6. The van der Waals surface area contributed by atoms with Crippen molar-refractivity contribution in [1.82, 2.24) is 14.7 Å². The normalized spacial score (nSPS) is 18.4. The number of aryl methyl sites for hydroxylation is 1. The van der Waals surface area contributed by atoms with Crippen molar-refractivity contribution >= 4 is 34.4 Å². The van der Waals surface area contributed by atoms with E-state index in [1.165, 1.54) is 44.1 Å². The lowest BCUT2D eigenvalue weighted by molar-refractivity contribution is 0.135. The van der Waals surface area contributed by atoms with Gasteiger partial charge < -0.3 is 5.32 Å². The predicted molar refractivity (Wildman–Crippen MR) is 103 cm³/mol. The van der Waals surface area contributed by atoms with E-state index in [-0.39, 0.29) is 0 Å². The van der Waals surface area contributed by atoms with Crippen LogP contribution in [0.25, 0.3) is 0 Å². The first-order chi connectivity index (χ1) is 11.7. The van der Waals surface area contributed by atoms with Gasteiger partial charge in [-0.25, -0.2) is 4.68 Å². The Hall–Kier alpha value is -1.24. The quantitative estimate of drug-likeness (QED) is 0.727. The summed E-state index contributed by atoms with van der Waals surface area (Å²) < 4.78 is 2.86. The van der Waals surface area contributed by atoms with Crippen molar-refractivity contribution in [3.05, 3.63) is 33.8 Å². The Morgan fingerprint density at radius 3 is 2.71 bits per heavy atom. The first kappa shape index (κ1) is 16.2. The lowest BCUT2D eigenvalue weighted by Crippen LogP contribution is -2.37. The van der Waals surface area contributed by atoms with Crippen LogP contribution in [0.1, 0.15) is 44.1 Å². The number of hydrogen-bond donors (Lipinski definition) is 1. The molecule has 0 atom stereocenters. The molecule has 2 fully saturated rings. The van der Waals surface area contributed by atoms with Gasteiger partial charge in [0.15, 0.2) is 3.95 Å². The minimum Gasteiger partial charge on any atom is -0.330 e. The van der Waals surface area contributed by atoms with Gasteiger partial charge in [0, 0.05) is 17.8 Å². The molecule has 2 aromatic rings. The molecule has 6 heteroatoms. The maximum atomic E-state index is 5.57. The average Bonchev–Trinajstić information content (AvgIpc) is 3.12. The summed E-state index contributed by atoms with van der Waals surface area (Å²) in [6, 6.07) is 9.84. The molecule has 2 saturated carbocycles. The first-order valence-corrected chi connectivity index (χ1v) is 10.1. The van der Waals surface area contributed by atoms with Crippen molar-refractivity contribution in [2.75, 3.05) is 5.32 Å². The van der Waals surface area contributed by atoms with Gasteiger partial charge in [-0.05, 0) is 62.5 Å². The third-order valence-corrected chi connectivity index (χ3v) is 6.21. The molecule has 1 aromatic carbocycles. The number of anilines is 2. The predicted octanol–water partition coefficient (Wildman–Crippen LogP) is 5.09. The second kappa shape index (κ2) is 6.94. The zero-order valence-corrected chi connectivity index (χ0v) is 15.7. The molecule has 0 unspecified atom stereocenters. The average molecular weight is 361 g/mol. The van der Waals surface area contributed by atoms with Crippen molar-refractivity contribution in [2.45, 2.75) is 64.2 Å². The standard InChI is InChI=1S/C18H24N4S2/c1-13-5-4-6-14(11-13)19-17-20-22(18(23)24-17)12-21(16-9-10-16)15-7-2-3-8-15/h4-6,11,15-16H,2-3,7-10,12H2,1H3,(H,19,20). The molecule has 4 rings (SSSR count). The van der Waals surface area contributed by atoms with Crippen LogP contribution in [0.15, 0.2) is 24.3 Å². The maximum Gasteiger partial charge on any atom is 0.209 e. The molecule has 2 aliphatic carbocycles. The molecule has 1 N–H and O–H groups in total. The van der Waals surface area contributed by atoms with Crippen LogP contribution < -0.4 is 5.32 Å². The fourth-order valence-electron chi connectivity index (χ4n) is 3.62. The highest BCUT2D eigenvalue weighted by Gasteiger charge is 2.35. The van der Waals surface area contributed by atoms with Crippen LogP contribution in [-0.4, -0.2) is 26.8 Å². The summed E-state index contributed by atoms with van der Waals surface area (Å²) in [5.41, 5.74) is 2.31. The Morgan fingerprint density at radius 1 is 1.25 bits per heavy atom. The van der Waals surface area contributed by atoms with E-state index in [0.717, 1.165) is 33.5 Å². The molecule has 0 amide bonds. The fourth-order valence-corrected chi connectivity index (χ4v) is 4.63. The van der Waals surface area contributed by atoms with Gasteiger partial charge in [0.25, 0.3) is 0 Å². The van der Waals surface area contributed by atoms with Gasteiger partial charge in [0.1, 0.15) is 0 Å². The number of nitrogens with one attached hydrogen (secondary N) is 1. The Kier molecular flexibility index (Phi) is 4.70. The van der Waals surface area contributed by atoms with Gasteiger partial charge >= 0.3 is 0 Å². The summed E-state index contributed by atoms with van der Waals surface area (Å²) in [5, 5.41) is 9.01. The molecule has 0 bridgehead atoms. The van der Waals surface area contributed by atoms with E-state index in [2.05, 4.69) is 41.4 Å². The second-order valence-corrected chi connectivity index (χ2v) is 8.61. The summed E-state index contributed by atoms with van der Waals surface area (Å²) in [4.78, 5) is 2.65. The van der Waals surface area contributed by atoms with Crippen LogP contribution in [0.5, 0.6) is 0 Å². The highest BCUT2D eigenvalue weighted by Crippen LogP contribution is 2.35. The molecule has 24 heavy (non-hydrogen) atoms. The number of aromatic nitrogens is 2. The van der Waals surface area contributed by atoms with Crippen LogP contribution in [-0.2, 0) is 6.67 Å². The van der Waals surface area contributed by atoms with E-state index in [1.807, 2.05) is 4.68 Å². The molecule has 4 nitrogen and oxygen atoms in total. The van der Waals surface area contributed by atoms with Crippen molar-refractivity contribution in [3.8, 4) is 0 Å². The van der Waals surface area contributed by atoms with E-state index >= 15 is 0 Å². The summed E-state index contributed by atoms with van der Waals surface area (Å²) in [7, 11) is 0. The third-order valence-electron chi connectivity index (χ3n) is 4.98. The van der Waals surface area contributed by atoms with E-state index in [0.29, 0.717) is 0 Å². The fraction of sp³-hybridized carbons (Fsp3) is 0.556. The molecule has 2 aliphatic rings. The van der Waals surface area contributed by atoms with Crippen LogP contribution >= 0.6 is 23.6 Å². The minimum absolute atomic E-state index is 0.731. The molecular formula is C18H24N4S2. The van der Waals surface area contributed by atoms with E-state index in [1.54, 1.807) is 11.3 Å². The molecule has 128 valence electrons. The van der Waals surface area contributed by atoms with Gasteiger partial charge in [-0.3, -0.25) is 4.90 Å². The van der Waals surface area contributed by atoms with Crippen LogP contribution in [0.4, 0.5) is 10.8 Å². The highest BCUT2D eigenvalue weighted by atomic mass is 32.1. The molecule has 0 saturated heterocycles. The molecule has 1 aromatic heterocycles. The van der Waals surface area contributed by atoms with Crippen molar-refractivity contribution in [2.24, 2.45) is 0 Å². The Bertz CT molecular complexity index is 756. The summed E-state index contributed by atoms with van der Waals surface area (Å²) >= 11 is 7.13. The molecule has 1 heterocycles. The van der Waals surface area contributed by atoms with Crippen LogP contribution in [0.3, 0.4) is 0 Å². The van der Waals surface area contributed by atoms with Gasteiger partial charge in [0.2, 0.25) is 5.13 Å². The van der Waals surface area contributed by atoms with Crippen LogP contribution in [0, 0.1) is 10.9 Å². The third kappa shape index (κ3) is 3.71. The van der Waals surface area contributed by atoms with E-state index in [4.69, 9.17) is 17.3 Å². The Balaban J connectivity index is 1.49. The Morgan fingerprint density at radius 2 is 2.00 bits per heavy atom. The Labute approximate surface area is 152 Å². The van der Waals surface area contributed by atoms with Gasteiger partial charge in [-0.1, -0.05) is 36.3 Å². The second-order valence-electron chi connectivity index (χ2n) is 6.99. The summed E-state index contributed by atoms with van der Waals surface area (Å²) in [5.74, 6) is 0. The summed E-state index contributed by atoms with van der Waals surface area (Å²) in [6.45, 7) is 2.95. The smallest absolute Gasteiger partial charge is 0.209 e. The molecule has 0 aliphatic heterocycles. The van der Waals surface area contributed by atoms with E-state index in [9.17, 15) is 0 Å². The molecule has 0 radical (unpaired) electrons. The first-order valence-electron chi connectivity index (χ1n) is 8.86. The van der Waals surface area contributed by atoms with Crippen molar-refractivity contribution in [1.29, 1.82) is 0 Å². The van der Waals surface area contributed by atoms with Crippen LogP contribution in [0.2, 0.25) is 0 Å². The van der Waals surface area contributed by atoms with E-state index < -0.39 is 0 Å². The van der Waals surface area contributed by atoms with Crippen molar-refractivity contribution < 1.29 is 0 Å². The van der Waals surface area contributed by atoms with Gasteiger partial charge in [0.05, 0.1) is 6.67 Å². The summed E-state index contributed by atoms with van der Waals surface area (Å²) in [6.07, 6.45) is 8.09. The maximum absolute atomic E-state index is 5.57. The zero-order chi connectivity index (χ0) is 16.5. The zero-order valence-electron chi connectivity index (χ0n) is 14.1. The largest absolute Gasteiger partial charge is 0.330 e. The van der Waals surface area contributed by atoms with Gasteiger partial charge in [-0.15, -0.1) is 5.10 Å². The molecule has 0 spiro atoms. The lowest BCUT2D eigenvalue weighted by Gasteiger charge is -2.28. The van der Waals surface area contributed by atoms with Crippen molar-refractivity contribution in [3.63, 3.8) is 0 Å².